The van der Waals surface area contributed by atoms with Gasteiger partial charge in [-0.3, -0.25) is 0 Å². The molecule has 2 aliphatic rings. The molecule has 2 aliphatic heterocycles. The summed E-state index contributed by atoms with van der Waals surface area (Å²) in [5.41, 5.74) is 2.89. The van der Waals surface area contributed by atoms with Gasteiger partial charge in [-0.15, -0.1) is 0 Å². The molecular formula is C19H21N3O3. The highest BCUT2D eigenvalue weighted by molar-refractivity contribution is 5.65. The van der Waals surface area contributed by atoms with E-state index in [9.17, 15) is 0 Å². The zero-order valence-corrected chi connectivity index (χ0v) is 14.0. The monoisotopic (exact) mass is 339 g/mol. The van der Waals surface area contributed by atoms with E-state index >= 15 is 0 Å². The van der Waals surface area contributed by atoms with Gasteiger partial charge in [-0.25, -0.2) is 4.98 Å². The van der Waals surface area contributed by atoms with Gasteiger partial charge < -0.3 is 24.4 Å². The summed E-state index contributed by atoms with van der Waals surface area (Å²) < 4.78 is 10.8. The Morgan fingerprint density at radius 3 is 2.60 bits per heavy atom. The molecule has 3 heterocycles. The molecule has 0 aliphatic carbocycles. The lowest BCUT2D eigenvalue weighted by Gasteiger charge is -2.37. The first-order chi connectivity index (χ1) is 12.2. The minimum Gasteiger partial charge on any atom is -0.454 e. The van der Waals surface area contributed by atoms with Crippen LogP contribution in [0.1, 0.15) is 11.1 Å². The number of fused-ring (bicyclic) bond motifs is 1. The van der Waals surface area contributed by atoms with Crippen molar-refractivity contribution in [3.63, 3.8) is 0 Å². The zero-order chi connectivity index (χ0) is 17.2. The van der Waals surface area contributed by atoms with E-state index in [-0.39, 0.29) is 13.4 Å². The Balaban J connectivity index is 1.40. The fourth-order valence-corrected chi connectivity index (χ4v) is 3.16. The molecule has 0 radical (unpaired) electrons. The van der Waals surface area contributed by atoms with Gasteiger partial charge in [0.25, 0.3) is 0 Å². The molecule has 0 unspecified atom stereocenters. The van der Waals surface area contributed by atoms with Crippen molar-refractivity contribution in [2.24, 2.45) is 0 Å². The quantitative estimate of drug-likeness (QED) is 0.921. The molecule has 1 fully saturated rings. The highest BCUT2D eigenvalue weighted by Crippen LogP contribution is 2.35. The van der Waals surface area contributed by atoms with E-state index in [0.29, 0.717) is 0 Å². The van der Waals surface area contributed by atoms with Gasteiger partial charge in [0.1, 0.15) is 5.82 Å². The minimum atomic E-state index is 0.0242. The smallest absolute Gasteiger partial charge is 0.231 e. The van der Waals surface area contributed by atoms with Crippen LogP contribution < -0.4 is 14.4 Å². The molecule has 1 aromatic heterocycles. The molecule has 25 heavy (non-hydrogen) atoms. The van der Waals surface area contributed by atoms with Gasteiger partial charge in [-0.2, -0.15) is 0 Å². The summed E-state index contributed by atoms with van der Waals surface area (Å²) in [6, 6.07) is 9.84. The van der Waals surface area contributed by atoms with E-state index in [1.165, 1.54) is 0 Å². The van der Waals surface area contributed by atoms with Gasteiger partial charge in [0.05, 0.1) is 6.61 Å². The van der Waals surface area contributed by atoms with Crippen molar-refractivity contribution in [2.45, 2.75) is 6.61 Å². The van der Waals surface area contributed by atoms with E-state index in [1.807, 2.05) is 30.3 Å². The van der Waals surface area contributed by atoms with Crippen molar-refractivity contribution < 1.29 is 14.6 Å². The number of hydrogen-bond donors (Lipinski definition) is 1. The molecule has 4 rings (SSSR count). The second-order valence-corrected chi connectivity index (χ2v) is 6.17. The molecule has 2 aromatic rings. The van der Waals surface area contributed by atoms with E-state index < -0.39 is 0 Å². The summed E-state index contributed by atoms with van der Waals surface area (Å²) >= 11 is 0. The topological polar surface area (TPSA) is 58.1 Å². The van der Waals surface area contributed by atoms with Crippen molar-refractivity contribution in [1.82, 2.24) is 9.88 Å². The molecule has 1 aromatic carbocycles. The maximum Gasteiger partial charge on any atom is 0.231 e. The first-order valence-corrected chi connectivity index (χ1v) is 8.39. The largest absolute Gasteiger partial charge is 0.454 e. The summed E-state index contributed by atoms with van der Waals surface area (Å²) in [6.07, 6.45) is 1.73. The van der Waals surface area contributed by atoms with Crippen LogP contribution in [0.3, 0.4) is 0 Å². The van der Waals surface area contributed by atoms with Crippen molar-refractivity contribution in [3.8, 4) is 11.5 Å². The first-order valence-electron chi connectivity index (χ1n) is 8.39. The van der Waals surface area contributed by atoms with Crippen molar-refractivity contribution >= 4 is 11.5 Å². The Hall–Kier alpha value is -2.73. The van der Waals surface area contributed by atoms with E-state index in [2.05, 4.69) is 21.4 Å². The number of benzene rings is 1. The third-order valence-corrected chi connectivity index (χ3v) is 4.68. The van der Waals surface area contributed by atoms with Crippen LogP contribution in [-0.4, -0.2) is 48.0 Å². The molecule has 0 spiro atoms. The molecular weight excluding hydrogens is 318 g/mol. The third kappa shape index (κ3) is 3.13. The highest BCUT2D eigenvalue weighted by atomic mass is 16.7. The lowest BCUT2D eigenvalue weighted by Crippen LogP contribution is -2.45. The normalized spacial score (nSPS) is 16.2. The predicted molar refractivity (Wildman–Crippen MR) is 95.5 cm³/mol. The number of hydrogen-bond acceptors (Lipinski definition) is 6. The summed E-state index contributed by atoms with van der Waals surface area (Å²) in [5, 5.41) is 9.11. The Labute approximate surface area is 146 Å². The highest BCUT2D eigenvalue weighted by Gasteiger charge is 2.21. The third-order valence-electron chi connectivity index (χ3n) is 4.68. The van der Waals surface area contributed by atoms with Crippen LogP contribution in [0.5, 0.6) is 11.5 Å². The van der Waals surface area contributed by atoms with Crippen LogP contribution in [0.4, 0.5) is 5.82 Å². The van der Waals surface area contributed by atoms with Gasteiger partial charge in [-0.1, -0.05) is 12.6 Å². The second-order valence-electron chi connectivity index (χ2n) is 6.17. The van der Waals surface area contributed by atoms with Crippen LogP contribution in [-0.2, 0) is 6.61 Å². The van der Waals surface area contributed by atoms with Crippen LogP contribution in [0.15, 0.2) is 43.1 Å². The molecule has 1 N–H and O–H groups in total. The molecule has 0 amide bonds. The number of aliphatic hydroxyl groups is 1. The van der Waals surface area contributed by atoms with E-state index in [0.717, 1.165) is 60.3 Å². The second kappa shape index (κ2) is 6.64. The first kappa shape index (κ1) is 15.8. The fraction of sp³-hybridized carbons (Fsp3) is 0.316. The van der Waals surface area contributed by atoms with Gasteiger partial charge in [0.2, 0.25) is 6.79 Å². The predicted octanol–water partition coefficient (Wildman–Crippen LogP) is 2.10. The SMILES string of the molecule is C=C(c1ccc2c(c1)OCO2)N1CCN(c2ccc(CO)cn2)CC1. The van der Waals surface area contributed by atoms with Gasteiger partial charge in [0.15, 0.2) is 11.5 Å². The zero-order valence-electron chi connectivity index (χ0n) is 14.0. The number of piperazine rings is 1. The Morgan fingerprint density at radius 1 is 1.08 bits per heavy atom. The Bertz CT molecular complexity index is 768. The number of pyridine rings is 1. The van der Waals surface area contributed by atoms with E-state index in [1.54, 1.807) is 6.20 Å². The maximum atomic E-state index is 9.11. The number of rotatable bonds is 4. The fourth-order valence-electron chi connectivity index (χ4n) is 3.16. The minimum absolute atomic E-state index is 0.0242. The molecule has 0 saturated carbocycles. The van der Waals surface area contributed by atoms with Crippen molar-refractivity contribution in [1.29, 1.82) is 0 Å². The summed E-state index contributed by atoms with van der Waals surface area (Å²) in [6.45, 7) is 8.11. The number of ether oxygens (including phenoxy) is 2. The van der Waals surface area contributed by atoms with Crippen LogP contribution in [0.2, 0.25) is 0 Å². The lowest BCUT2D eigenvalue weighted by atomic mass is 10.1. The van der Waals surface area contributed by atoms with Crippen LogP contribution in [0, 0.1) is 0 Å². The van der Waals surface area contributed by atoms with Crippen molar-refractivity contribution in [3.05, 3.63) is 54.2 Å². The molecule has 0 atom stereocenters. The summed E-state index contributed by atoms with van der Waals surface area (Å²) in [7, 11) is 0. The van der Waals surface area contributed by atoms with Gasteiger partial charge >= 0.3 is 0 Å². The summed E-state index contributed by atoms with van der Waals surface area (Å²) in [5.74, 6) is 2.52. The maximum absolute atomic E-state index is 9.11. The number of anilines is 1. The molecule has 0 bridgehead atoms. The standard InChI is InChI=1S/C19H21N3O3/c1-14(16-3-4-17-18(10-16)25-13-24-17)21-6-8-22(9-7-21)19-5-2-15(12-23)11-20-19/h2-5,10-11,23H,1,6-9,12-13H2. The molecule has 6 nitrogen and oxygen atoms in total. The number of aliphatic hydroxyl groups excluding tert-OH is 1. The Kier molecular flexibility index (Phi) is 4.19. The number of nitrogens with zero attached hydrogens (tertiary/aromatic N) is 3. The van der Waals surface area contributed by atoms with Crippen LogP contribution in [0.25, 0.3) is 5.70 Å². The van der Waals surface area contributed by atoms with Gasteiger partial charge in [0, 0.05) is 43.6 Å². The lowest BCUT2D eigenvalue weighted by molar-refractivity contribution is 0.174. The summed E-state index contributed by atoms with van der Waals surface area (Å²) in [4.78, 5) is 8.98. The average Bonchev–Trinajstić information content (AvgIpc) is 3.15. The van der Waals surface area contributed by atoms with Crippen molar-refractivity contribution in [2.75, 3.05) is 37.9 Å². The average molecular weight is 339 g/mol. The number of aromatic nitrogens is 1. The van der Waals surface area contributed by atoms with Crippen LogP contribution >= 0.6 is 0 Å². The van der Waals surface area contributed by atoms with E-state index in [4.69, 9.17) is 14.6 Å². The van der Waals surface area contributed by atoms with Gasteiger partial charge in [-0.05, 0) is 29.8 Å². The molecule has 130 valence electrons. The molecule has 1 saturated heterocycles. The molecule has 6 heteroatoms. The Morgan fingerprint density at radius 2 is 1.88 bits per heavy atom.